The summed E-state index contributed by atoms with van der Waals surface area (Å²) in [6.07, 6.45) is 1.88. The Morgan fingerprint density at radius 1 is 1.06 bits per heavy atom. The molecule has 0 aliphatic rings. The molecule has 2 rings (SSSR count). The van der Waals surface area contributed by atoms with Crippen LogP contribution in [0.25, 0.3) is 0 Å². The molecule has 0 atom stereocenters. The number of thioether (sulfide) groups is 1. The minimum atomic E-state index is 0.386. The van der Waals surface area contributed by atoms with Crippen molar-refractivity contribution >= 4 is 58.1 Å². The Kier molecular flexibility index (Phi) is 4.56. The van der Waals surface area contributed by atoms with Gasteiger partial charge in [0.15, 0.2) is 5.16 Å². The molecule has 0 saturated heterocycles. The van der Waals surface area contributed by atoms with Crippen LogP contribution >= 0.6 is 46.6 Å². The van der Waals surface area contributed by atoms with Gasteiger partial charge < -0.3 is 5.32 Å². The van der Waals surface area contributed by atoms with Crippen molar-refractivity contribution in [1.82, 2.24) is 9.97 Å². The lowest BCUT2D eigenvalue weighted by Crippen LogP contribution is -1.96. The molecule has 1 heterocycles. The average molecular weight is 321 g/mol. The summed E-state index contributed by atoms with van der Waals surface area (Å²) in [5.74, 6) is 0.609. The molecule has 1 aromatic carbocycles. The van der Waals surface area contributed by atoms with Gasteiger partial charge in [-0.05, 0) is 24.5 Å². The molecule has 0 spiro atoms. The number of nitrogens with zero attached hydrogens (tertiary/aromatic N) is 2. The van der Waals surface area contributed by atoms with E-state index in [1.54, 1.807) is 18.2 Å². The van der Waals surface area contributed by atoms with Crippen molar-refractivity contribution in [2.75, 3.05) is 11.6 Å². The SMILES string of the molecule is CSc1nc(Cl)cc(Nc2ccc(Cl)c(Cl)c2)n1. The van der Waals surface area contributed by atoms with Crippen molar-refractivity contribution in [3.05, 3.63) is 39.5 Å². The van der Waals surface area contributed by atoms with Gasteiger partial charge in [-0.1, -0.05) is 46.6 Å². The molecule has 7 heteroatoms. The number of nitrogens with one attached hydrogen (secondary N) is 1. The molecule has 0 bridgehead atoms. The van der Waals surface area contributed by atoms with E-state index in [-0.39, 0.29) is 0 Å². The molecule has 2 aromatic rings. The van der Waals surface area contributed by atoms with E-state index in [1.807, 2.05) is 12.3 Å². The van der Waals surface area contributed by atoms with E-state index in [0.29, 0.717) is 26.2 Å². The summed E-state index contributed by atoms with van der Waals surface area (Å²) in [4.78, 5) is 8.34. The van der Waals surface area contributed by atoms with E-state index in [1.165, 1.54) is 11.8 Å². The Morgan fingerprint density at radius 2 is 1.83 bits per heavy atom. The standard InChI is InChI=1S/C11H8Cl3N3S/c1-18-11-16-9(14)5-10(17-11)15-6-2-3-7(12)8(13)4-6/h2-5H,1H3,(H,15,16,17). The second-order valence-electron chi connectivity index (χ2n) is 3.32. The largest absolute Gasteiger partial charge is 0.340 e. The zero-order valence-corrected chi connectivity index (χ0v) is 12.3. The fraction of sp³-hybridized carbons (Fsp3) is 0.0909. The van der Waals surface area contributed by atoms with Gasteiger partial charge in [-0.2, -0.15) is 0 Å². The topological polar surface area (TPSA) is 37.8 Å². The summed E-state index contributed by atoms with van der Waals surface area (Å²) in [6, 6.07) is 6.88. The molecule has 0 aliphatic carbocycles. The van der Waals surface area contributed by atoms with Gasteiger partial charge in [-0.3, -0.25) is 0 Å². The minimum absolute atomic E-state index is 0.386. The van der Waals surface area contributed by atoms with Gasteiger partial charge in [-0.25, -0.2) is 9.97 Å². The number of rotatable bonds is 3. The summed E-state index contributed by atoms with van der Waals surface area (Å²) in [5, 5.41) is 5.07. The van der Waals surface area contributed by atoms with E-state index >= 15 is 0 Å². The van der Waals surface area contributed by atoms with Crippen molar-refractivity contribution in [3.63, 3.8) is 0 Å². The van der Waals surface area contributed by atoms with Crippen LogP contribution in [0.2, 0.25) is 15.2 Å². The van der Waals surface area contributed by atoms with Crippen LogP contribution < -0.4 is 5.32 Å². The molecule has 0 radical (unpaired) electrons. The van der Waals surface area contributed by atoms with Crippen molar-refractivity contribution in [2.24, 2.45) is 0 Å². The lowest BCUT2D eigenvalue weighted by atomic mass is 10.3. The van der Waals surface area contributed by atoms with Gasteiger partial charge in [0.1, 0.15) is 11.0 Å². The monoisotopic (exact) mass is 319 g/mol. The maximum absolute atomic E-state index is 5.94. The summed E-state index contributed by atoms with van der Waals surface area (Å²) in [7, 11) is 0. The highest BCUT2D eigenvalue weighted by Crippen LogP contribution is 2.27. The predicted octanol–water partition coefficient (Wildman–Crippen LogP) is 4.90. The average Bonchev–Trinajstić information content (AvgIpc) is 2.33. The zero-order valence-electron chi connectivity index (χ0n) is 9.25. The molecule has 0 saturated carbocycles. The zero-order chi connectivity index (χ0) is 13.1. The van der Waals surface area contributed by atoms with Gasteiger partial charge in [0.05, 0.1) is 10.0 Å². The second kappa shape index (κ2) is 5.97. The Morgan fingerprint density at radius 3 is 2.50 bits per heavy atom. The van der Waals surface area contributed by atoms with Crippen LogP contribution in [0, 0.1) is 0 Å². The fourth-order valence-electron chi connectivity index (χ4n) is 1.27. The van der Waals surface area contributed by atoms with Crippen LogP contribution in [-0.2, 0) is 0 Å². The van der Waals surface area contributed by atoms with Crippen molar-refractivity contribution in [1.29, 1.82) is 0 Å². The molecular formula is C11H8Cl3N3S. The normalized spacial score (nSPS) is 10.4. The first kappa shape index (κ1) is 13.7. The highest BCUT2D eigenvalue weighted by Gasteiger charge is 2.04. The lowest BCUT2D eigenvalue weighted by Gasteiger charge is -2.07. The van der Waals surface area contributed by atoms with Gasteiger partial charge >= 0.3 is 0 Å². The van der Waals surface area contributed by atoms with Gasteiger partial charge in [-0.15, -0.1) is 0 Å². The first-order valence-corrected chi connectivity index (χ1v) is 7.25. The van der Waals surface area contributed by atoms with Crippen molar-refractivity contribution in [2.45, 2.75) is 5.16 Å². The number of halogens is 3. The quantitative estimate of drug-likeness (QED) is 0.496. The summed E-state index contributed by atoms with van der Waals surface area (Å²) in [6.45, 7) is 0. The molecular weight excluding hydrogens is 313 g/mol. The van der Waals surface area contributed by atoms with E-state index < -0.39 is 0 Å². The molecule has 18 heavy (non-hydrogen) atoms. The molecule has 94 valence electrons. The number of anilines is 2. The molecule has 3 nitrogen and oxygen atoms in total. The summed E-state index contributed by atoms with van der Waals surface area (Å²) < 4.78 is 0. The van der Waals surface area contributed by atoms with E-state index in [9.17, 15) is 0 Å². The van der Waals surface area contributed by atoms with Crippen LogP contribution in [0.5, 0.6) is 0 Å². The lowest BCUT2D eigenvalue weighted by molar-refractivity contribution is 0.976. The maximum atomic E-state index is 5.94. The van der Waals surface area contributed by atoms with Crippen LogP contribution in [0.3, 0.4) is 0 Å². The molecule has 1 N–H and O–H groups in total. The highest BCUT2D eigenvalue weighted by molar-refractivity contribution is 7.98. The Balaban J connectivity index is 2.27. The summed E-state index contributed by atoms with van der Waals surface area (Å²) in [5.41, 5.74) is 0.784. The van der Waals surface area contributed by atoms with Crippen molar-refractivity contribution < 1.29 is 0 Å². The van der Waals surface area contributed by atoms with Crippen LogP contribution in [0.15, 0.2) is 29.4 Å². The fourth-order valence-corrected chi connectivity index (χ4v) is 2.18. The Hall–Kier alpha value is -0.680. The van der Waals surface area contributed by atoms with Gasteiger partial charge in [0, 0.05) is 11.8 Å². The first-order valence-electron chi connectivity index (χ1n) is 4.89. The van der Waals surface area contributed by atoms with E-state index in [4.69, 9.17) is 34.8 Å². The van der Waals surface area contributed by atoms with Crippen LogP contribution in [0.1, 0.15) is 0 Å². The third kappa shape index (κ3) is 3.42. The number of aromatic nitrogens is 2. The molecule has 0 aliphatic heterocycles. The molecule has 0 amide bonds. The predicted molar refractivity (Wildman–Crippen MR) is 78.6 cm³/mol. The van der Waals surface area contributed by atoms with E-state index in [0.717, 1.165) is 5.69 Å². The highest BCUT2D eigenvalue weighted by atomic mass is 35.5. The smallest absolute Gasteiger partial charge is 0.190 e. The summed E-state index contributed by atoms with van der Waals surface area (Å²) >= 11 is 19.1. The number of hydrogen-bond donors (Lipinski definition) is 1. The minimum Gasteiger partial charge on any atom is -0.340 e. The van der Waals surface area contributed by atoms with Crippen molar-refractivity contribution in [3.8, 4) is 0 Å². The molecule has 0 unspecified atom stereocenters. The first-order chi connectivity index (χ1) is 8.58. The second-order valence-corrected chi connectivity index (χ2v) is 5.29. The van der Waals surface area contributed by atoms with Gasteiger partial charge in [0.2, 0.25) is 0 Å². The number of hydrogen-bond acceptors (Lipinski definition) is 4. The van der Waals surface area contributed by atoms with Crippen LogP contribution in [0.4, 0.5) is 11.5 Å². The molecule has 0 fully saturated rings. The molecule has 1 aromatic heterocycles. The Bertz CT molecular complexity index is 577. The third-order valence-corrected chi connectivity index (χ3v) is 3.53. The van der Waals surface area contributed by atoms with Gasteiger partial charge in [0.25, 0.3) is 0 Å². The van der Waals surface area contributed by atoms with E-state index in [2.05, 4.69) is 15.3 Å². The Labute approximate surface area is 124 Å². The third-order valence-electron chi connectivity index (χ3n) is 2.05. The maximum Gasteiger partial charge on any atom is 0.190 e. The number of benzene rings is 1. The van der Waals surface area contributed by atoms with Crippen LogP contribution in [-0.4, -0.2) is 16.2 Å².